The van der Waals surface area contributed by atoms with Gasteiger partial charge in [0.2, 0.25) is 0 Å². The summed E-state index contributed by atoms with van der Waals surface area (Å²) < 4.78 is 1.58. The number of aromatic nitrogens is 3. The van der Waals surface area contributed by atoms with Gasteiger partial charge in [-0.3, -0.25) is 0 Å². The van der Waals surface area contributed by atoms with Gasteiger partial charge in [-0.2, -0.15) is 5.10 Å². The Morgan fingerprint density at radius 1 is 1.40 bits per heavy atom. The van der Waals surface area contributed by atoms with E-state index in [4.69, 9.17) is 23.2 Å². The van der Waals surface area contributed by atoms with Gasteiger partial charge in [-0.25, -0.2) is 9.50 Å². The molecular formula is C9H10Cl2N4. The van der Waals surface area contributed by atoms with Gasteiger partial charge in [-0.1, -0.05) is 23.2 Å². The van der Waals surface area contributed by atoms with Crippen molar-refractivity contribution in [1.29, 1.82) is 0 Å². The van der Waals surface area contributed by atoms with Crippen LogP contribution >= 0.6 is 23.2 Å². The van der Waals surface area contributed by atoms with E-state index in [1.165, 1.54) is 0 Å². The van der Waals surface area contributed by atoms with Gasteiger partial charge in [0.15, 0.2) is 5.65 Å². The van der Waals surface area contributed by atoms with Gasteiger partial charge in [0.25, 0.3) is 0 Å². The molecular weight excluding hydrogens is 235 g/mol. The molecule has 2 rings (SSSR count). The lowest BCUT2D eigenvalue weighted by molar-refractivity contribution is 0.404. The van der Waals surface area contributed by atoms with Crippen LogP contribution in [0.2, 0.25) is 10.3 Å². The molecule has 2 heterocycles. The van der Waals surface area contributed by atoms with Crippen LogP contribution in [0.4, 0.5) is 0 Å². The standard InChI is InChI=1S/C9H10Cl2N4/c1-14(2)5-6-4-12-15-8(11)3-7(10)13-9(6)15/h3-4H,5H2,1-2H3. The fraction of sp³-hybridized carbons (Fsp3) is 0.333. The van der Waals surface area contributed by atoms with Crippen molar-refractivity contribution in [2.75, 3.05) is 14.1 Å². The summed E-state index contributed by atoms with van der Waals surface area (Å²) in [6.45, 7) is 0.757. The van der Waals surface area contributed by atoms with Crippen LogP contribution in [0, 0.1) is 0 Å². The minimum atomic E-state index is 0.382. The Kier molecular flexibility index (Phi) is 2.82. The number of hydrogen-bond acceptors (Lipinski definition) is 3. The maximum Gasteiger partial charge on any atom is 0.162 e. The zero-order chi connectivity index (χ0) is 11.0. The van der Waals surface area contributed by atoms with Crippen LogP contribution in [0.1, 0.15) is 5.56 Å². The largest absolute Gasteiger partial charge is 0.305 e. The summed E-state index contributed by atoms with van der Waals surface area (Å²) >= 11 is 11.8. The third kappa shape index (κ3) is 2.07. The lowest BCUT2D eigenvalue weighted by Gasteiger charge is -2.07. The summed E-state index contributed by atoms with van der Waals surface area (Å²) in [5.74, 6) is 0. The molecule has 0 spiro atoms. The molecule has 0 atom stereocenters. The predicted molar refractivity (Wildman–Crippen MR) is 60.4 cm³/mol. The van der Waals surface area contributed by atoms with Gasteiger partial charge >= 0.3 is 0 Å². The van der Waals surface area contributed by atoms with Crippen molar-refractivity contribution in [3.8, 4) is 0 Å². The van der Waals surface area contributed by atoms with Crippen molar-refractivity contribution in [3.63, 3.8) is 0 Å². The van der Waals surface area contributed by atoms with Crippen molar-refractivity contribution in [3.05, 3.63) is 28.1 Å². The van der Waals surface area contributed by atoms with Gasteiger partial charge in [-0.15, -0.1) is 0 Å². The number of nitrogens with zero attached hydrogens (tertiary/aromatic N) is 4. The number of halogens is 2. The minimum absolute atomic E-state index is 0.382. The third-order valence-corrected chi connectivity index (χ3v) is 2.42. The molecule has 4 nitrogen and oxygen atoms in total. The predicted octanol–water partition coefficient (Wildman–Crippen LogP) is 2.10. The van der Waals surface area contributed by atoms with Crippen LogP contribution in [0.5, 0.6) is 0 Å². The first-order valence-corrected chi connectivity index (χ1v) is 5.17. The molecule has 0 aliphatic rings. The van der Waals surface area contributed by atoms with Crippen LogP contribution in [0.3, 0.4) is 0 Å². The molecule has 0 aromatic carbocycles. The van der Waals surface area contributed by atoms with Gasteiger partial charge in [-0.05, 0) is 14.1 Å². The summed E-state index contributed by atoms with van der Waals surface area (Å²) in [5.41, 5.74) is 1.71. The van der Waals surface area contributed by atoms with Gasteiger partial charge in [0, 0.05) is 18.2 Å². The summed E-state index contributed by atoms with van der Waals surface area (Å²) in [4.78, 5) is 6.24. The van der Waals surface area contributed by atoms with Gasteiger partial charge in [0.1, 0.15) is 10.3 Å². The Morgan fingerprint density at radius 2 is 2.13 bits per heavy atom. The third-order valence-electron chi connectivity index (χ3n) is 1.96. The first-order chi connectivity index (χ1) is 7.08. The number of hydrogen-bond donors (Lipinski definition) is 0. The molecule has 0 aliphatic carbocycles. The van der Waals surface area contributed by atoms with Crippen LogP contribution < -0.4 is 0 Å². The monoisotopic (exact) mass is 244 g/mol. The van der Waals surface area contributed by atoms with Crippen molar-refractivity contribution in [1.82, 2.24) is 19.5 Å². The van der Waals surface area contributed by atoms with E-state index in [0.717, 1.165) is 12.1 Å². The van der Waals surface area contributed by atoms with E-state index >= 15 is 0 Å². The zero-order valence-electron chi connectivity index (χ0n) is 8.41. The summed E-state index contributed by atoms with van der Waals surface area (Å²) in [6.07, 6.45) is 1.75. The number of fused-ring (bicyclic) bond motifs is 1. The molecule has 6 heteroatoms. The van der Waals surface area contributed by atoms with E-state index in [0.29, 0.717) is 16.0 Å². The fourth-order valence-corrected chi connectivity index (χ4v) is 1.86. The summed E-state index contributed by atoms with van der Waals surface area (Å²) in [6, 6.07) is 1.57. The second-order valence-corrected chi connectivity index (χ2v) is 4.32. The average molecular weight is 245 g/mol. The van der Waals surface area contributed by atoms with Crippen LogP contribution in [-0.4, -0.2) is 33.6 Å². The molecule has 0 bridgehead atoms. The molecule has 0 aliphatic heterocycles. The summed E-state index contributed by atoms with van der Waals surface area (Å²) in [7, 11) is 3.96. The maximum atomic E-state index is 5.97. The molecule has 0 N–H and O–H groups in total. The fourth-order valence-electron chi connectivity index (χ4n) is 1.40. The van der Waals surface area contributed by atoms with Gasteiger partial charge in [0.05, 0.1) is 6.20 Å². The highest BCUT2D eigenvalue weighted by Gasteiger charge is 2.09. The van der Waals surface area contributed by atoms with Crippen molar-refractivity contribution >= 4 is 28.8 Å². The molecule has 0 fully saturated rings. The first-order valence-electron chi connectivity index (χ1n) is 4.41. The lowest BCUT2D eigenvalue weighted by Crippen LogP contribution is -2.10. The Bertz CT molecular complexity index is 492. The SMILES string of the molecule is CN(C)Cc1cnn2c(Cl)cc(Cl)nc12. The van der Waals surface area contributed by atoms with E-state index in [9.17, 15) is 0 Å². The molecule has 0 saturated carbocycles. The molecule has 0 unspecified atom stereocenters. The average Bonchev–Trinajstić information content (AvgIpc) is 2.48. The van der Waals surface area contributed by atoms with E-state index in [1.54, 1.807) is 16.8 Å². The second kappa shape index (κ2) is 3.96. The second-order valence-electron chi connectivity index (χ2n) is 3.54. The molecule has 0 amide bonds. The van der Waals surface area contributed by atoms with E-state index in [-0.39, 0.29) is 0 Å². The maximum absolute atomic E-state index is 5.97. The summed E-state index contributed by atoms with van der Waals surface area (Å²) in [5, 5.41) is 5.00. The van der Waals surface area contributed by atoms with E-state index in [1.807, 2.05) is 19.0 Å². The molecule has 80 valence electrons. The highest BCUT2D eigenvalue weighted by atomic mass is 35.5. The first kappa shape index (κ1) is 10.7. The molecule has 0 saturated heterocycles. The topological polar surface area (TPSA) is 33.4 Å². The molecule has 2 aromatic rings. The molecule has 15 heavy (non-hydrogen) atoms. The number of rotatable bonds is 2. The van der Waals surface area contributed by atoms with Gasteiger partial charge < -0.3 is 4.90 Å². The zero-order valence-corrected chi connectivity index (χ0v) is 9.92. The highest BCUT2D eigenvalue weighted by molar-refractivity contribution is 6.33. The van der Waals surface area contributed by atoms with Crippen molar-refractivity contribution in [2.45, 2.75) is 6.54 Å². The van der Waals surface area contributed by atoms with E-state index < -0.39 is 0 Å². The normalized spacial score (nSPS) is 11.5. The Labute approximate surface area is 97.4 Å². The van der Waals surface area contributed by atoms with E-state index in [2.05, 4.69) is 10.1 Å². The quantitative estimate of drug-likeness (QED) is 0.759. The van der Waals surface area contributed by atoms with Crippen LogP contribution in [-0.2, 0) is 6.54 Å². The lowest BCUT2D eigenvalue weighted by atomic mass is 10.3. The Balaban J connectivity index is 2.58. The smallest absolute Gasteiger partial charge is 0.162 e. The van der Waals surface area contributed by atoms with Crippen LogP contribution in [0.25, 0.3) is 5.65 Å². The Morgan fingerprint density at radius 3 is 2.80 bits per heavy atom. The van der Waals surface area contributed by atoms with Crippen LogP contribution in [0.15, 0.2) is 12.3 Å². The minimum Gasteiger partial charge on any atom is -0.305 e. The van der Waals surface area contributed by atoms with Crippen molar-refractivity contribution < 1.29 is 0 Å². The van der Waals surface area contributed by atoms with Crippen molar-refractivity contribution in [2.24, 2.45) is 0 Å². The Hall–Kier alpha value is -0.840. The molecule has 0 radical (unpaired) electrons. The highest BCUT2D eigenvalue weighted by Crippen LogP contribution is 2.19. The molecule has 2 aromatic heterocycles.